The maximum atomic E-state index is 14.4. The van der Waals surface area contributed by atoms with Crippen LogP contribution < -0.4 is 5.32 Å². The number of rotatable bonds is 13. The van der Waals surface area contributed by atoms with Crippen molar-refractivity contribution < 1.29 is 43.2 Å². The van der Waals surface area contributed by atoms with Gasteiger partial charge in [-0.2, -0.15) is 0 Å². The van der Waals surface area contributed by atoms with Gasteiger partial charge in [-0.15, -0.1) is 0 Å². The summed E-state index contributed by atoms with van der Waals surface area (Å²) in [4.78, 5) is 51.5. The van der Waals surface area contributed by atoms with Gasteiger partial charge in [-0.1, -0.05) is 73.3 Å². The van der Waals surface area contributed by atoms with E-state index in [4.69, 9.17) is 30.5 Å². The number of carboxylic acids is 1. The molecule has 0 heterocycles. The van der Waals surface area contributed by atoms with Gasteiger partial charge in [-0.05, 0) is 46.5 Å². The summed E-state index contributed by atoms with van der Waals surface area (Å²) in [5.41, 5.74) is -1.24. The van der Waals surface area contributed by atoms with Crippen molar-refractivity contribution in [2.75, 3.05) is 31.7 Å². The standard InChI is InChI=1S/C34H30ClNO9/c1-3-27(37)42-16-18-44-33-23-12-8-9-13-24(23)34(45-19-17-43-28(38)4-2,26-20-21(35)14-15-25(26)33)30(32(40)41)29(33)31(39)36-22-10-6-5-7-11-22/h3-15,20,29-30H,1-2,16-19H2,(H,36,39)(H,40,41). The summed E-state index contributed by atoms with van der Waals surface area (Å²) in [6.07, 6.45) is 2.02. The number of amides is 1. The fourth-order valence-electron chi connectivity index (χ4n) is 6.40. The number of benzene rings is 3. The van der Waals surface area contributed by atoms with Crippen LogP contribution in [0.15, 0.2) is 98.1 Å². The van der Waals surface area contributed by atoms with Crippen LogP contribution in [0.25, 0.3) is 0 Å². The highest BCUT2D eigenvalue weighted by molar-refractivity contribution is 6.30. The predicted octanol–water partition coefficient (Wildman–Crippen LogP) is 4.60. The number of aliphatic carboxylic acids is 1. The van der Waals surface area contributed by atoms with Gasteiger partial charge in [0.15, 0.2) is 0 Å². The zero-order valence-electron chi connectivity index (χ0n) is 24.1. The Morgan fingerprint density at radius 2 is 1.24 bits per heavy atom. The van der Waals surface area contributed by atoms with Gasteiger partial charge in [-0.3, -0.25) is 9.59 Å². The normalized spacial score (nSPS) is 22.3. The summed E-state index contributed by atoms with van der Waals surface area (Å²) in [6, 6.07) is 20.4. The van der Waals surface area contributed by atoms with Crippen molar-refractivity contribution in [2.24, 2.45) is 11.8 Å². The summed E-state index contributed by atoms with van der Waals surface area (Å²) in [6.45, 7) is 5.96. The fraction of sp³-hybridized carbons (Fsp3) is 0.235. The number of hydrogen-bond donors (Lipinski definition) is 2. The van der Waals surface area contributed by atoms with E-state index < -0.39 is 46.9 Å². The Morgan fingerprint density at radius 3 is 1.78 bits per heavy atom. The maximum absolute atomic E-state index is 14.4. The topological polar surface area (TPSA) is 137 Å². The van der Waals surface area contributed by atoms with Crippen LogP contribution in [-0.4, -0.2) is 55.3 Å². The molecule has 232 valence electrons. The number of nitrogens with one attached hydrogen (secondary N) is 1. The average Bonchev–Trinajstić information content (AvgIpc) is 3.05. The van der Waals surface area contributed by atoms with Crippen molar-refractivity contribution in [2.45, 2.75) is 11.2 Å². The second-order valence-corrected chi connectivity index (χ2v) is 10.7. The quantitative estimate of drug-likeness (QED) is 0.157. The fourth-order valence-corrected chi connectivity index (χ4v) is 6.57. The third-order valence-electron chi connectivity index (χ3n) is 7.96. The van der Waals surface area contributed by atoms with Gasteiger partial charge in [0.25, 0.3) is 0 Å². The van der Waals surface area contributed by atoms with Gasteiger partial charge in [0.05, 0.1) is 19.1 Å². The molecule has 0 aliphatic heterocycles. The molecule has 0 saturated heterocycles. The van der Waals surface area contributed by atoms with E-state index in [2.05, 4.69) is 18.5 Å². The van der Waals surface area contributed by atoms with Crippen molar-refractivity contribution in [1.82, 2.24) is 0 Å². The zero-order valence-corrected chi connectivity index (χ0v) is 24.8. The van der Waals surface area contributed by atoms with Gasteiger partial charge < -0.3 is 29.4 Å². The molecule has 0 spiro atoms. The summed E-state index contributed by atoms with van der Waals surface area (Å²) in [7, 11) is 0. The van der Waals surface area contributed by atoms with Crippen molar-refractivity contribution in [3.05, 3.63) is 125 Å². The molecule has 2 N–H and O–H groups in total. The van der Waals surface area contributed by atoms with E-state index in [-0.39, 0.29) is 26.4 Å². The molecule has 4 atom stereocenters. The molecule has 1 amide bonds. The van der Waals surface area contributed by atoms with E-state index in [1.165, 1.54) is 0 Å². The molecule has 10 nitrogen and oxygen atoms in total. The van der Waals surface area contributed by atoms with E-state index >= 15 is 0 Å². The highest BCUT2D eigenvalue weighted by Crippen LogP contribution is 2.65. The Bertz CT molecular complexity index is 1660. The van der Waals surface area contributed by atoms with Crippen molar-refractivity contribution in [1.29, 1.82) is 0 Å². The zero-order chi connectivity index (χ0) is 32.2. The van der Waals surface area contributed by atoms with Gasteiger partial charge in [0.1, 0.15) is 30.3 Å². The lowest BCUT2D eigenvalue weighted by molar-refractivity contribution is -0.200. The number of ether oxygens (including phenoxy) is 4. The molecular weight excluding hydrogens is 602 g/mol. The number of hydrogen-bond acceptors (Lipinski definition) is 8. The molecule has 4 unspecified atom stereocenters. The summed E-state index contributed by atoms with van der Waals surface area (Å²) < 4.78 is 23.4. The predicted molar refractivity (Wildman–Crippen MR) is 163 cm³/mol. The van der Waals surface area contributed by atoms with Crippen molar-refractivity contribution in [3.8, 4) is 0 Å². The number of esters is 2. The molecule has 3 aromatic carbocycles. The van der Waals surface area contributed by atoms with Gasteiger partial charge in [-0.25, -0.2) is 9.59 Å². The third-order valence-corrected chi connectivity index (χ3v) is 8.19. The SMILES string of the molecule is C=CC(=O)OCCOC12c3ccccc3C(OCCOC(=O)C=C)(c3ccc(Cl)cc31)C(C(=O)Nc1ccccc1)C2C(=O)O. The van der Waals surface area contributed by atoms with Crippen LogP contribution in [0, 0.1) is 11.8 Å². The number of carboxylic acid groups (broad SMARTS) is 1. The highest BCUT2D eigenvalue weighted by atomic mass is 35.5. The minimum atomic E-state index is -1.76. The maximum Gasteiger partial charge on any atom is 0.330 e. The average molecular weight is 632 g/mol. The monoisotopic (exact) mass is 631 g/mol. The van der Waals surface area contributed by atoms with Crippen molar-refractivity contribution in [3.63, 3.8) is 0 Å². The Hall–Kier alpha value is -4.77. The van der Waals surface area contributed by atoms with Crippen LogP contribution >= 0.6 is 11.6 Å². The molecule has 0 fully saturated rings. The van der Waals surface area contributed by atoms with Crippen LogP contribution in [0.1, 0.15) is 22.3 Å². The first-order valence-corrected chi connectivity index (χ1v) is 14.4. The van der Waals surface area contributed by atoms with Gasteiger partial charge >= 0.3 is 17.9 Å². The first-order valence-electron chi connectivity index (χ1n) is 14.1. The summed E-state index contributed by atoms with van der Waals surface area (Å²) in [5, 5.41) is 14.1. The number of fused-ring (bicyclic) bond motifs is 1. The Kier molecular flexibility index (Phi) is 9.19. The van der Waals surface area contributed by atoms with Crippen LogP contribution in [0.3, 0.4) is 0 Å². The molecule has 6 rings (SSSR count). The van der Waals surface area contributed by atoms with Gasteiger partial charge in [0.2, 0.25) is 5.91 Å². The van der Waals surface area contributed by atoms with E-state index in [0.717, 1.165) is 12.2 Å². The summed E-state index contributed by atoms with van der Waals surface area (Å²) in [5.74, 6) is -6.29. The Balaban J connectivity index is 1.74. The third kappa shape index (κ3) is 5.52. The lowest BCUT2D eigenvalue weighted by atomic mass is 9.49. The molecule has 0 saturated carbocycles. The smallest absolute Gasteiger partial charge is 0.330 e. The number of anilines is 1. The van der Waals surface area contributed by atoms with Crippen LogP contribution in [0.4, 0.5) is 5.69 Å². The summed E-state index contributed by atoms with van der Waals surface area (Å²) >= 11 is 6.51. The second-order valence-electron chi connectivity index (χ2n) is 10.3. The van der Waals surface area contributed by atoms with E-state index in [1.54, 1.807) is 72.8 Å². The Labute approximate surface area is 264 Å². The number of carbonyl (C=O) groups is 4. The van der Waals surface area contributed by atoms with Gasteiger partial charge in [0, 0.05) is 22.9 Å². The highest BCUT2D eigenvalue weighted by Gasteiger charge is 2.71. The lowest BCUT2D eigenvalue weighted by Crippen LogP contribution is -2.67. The largest absolute Gasteiger partial charge is 0.481 e. The molecule has 3 aromatic rings. The molecule has 3 aliphatic carbocycles. The van der Waals surface area contributed by atoms with E-state index in [1.807, 2.05) is 0 Å². The number of halogens is 1. The molecule has 3 aliphatic rings. The first kappa shape index (κ1) is 31.6. The molecule has 2 bridgehead atoms. The number of carbonyl (C=O) groups excluding carboxylic acids is 3. The molecule has 0 radical (unpaired) electrons. The minimum Gasteiger partial charge on any atom is -0.481 e. The van der Waals surface area contributed by atoms with E-state index in [9.17, 15) is 24.3 Å². The molecule has 11 heteroatoms. The van der Waals surface area contributed by atoms with Crippen molar-refractivity contribution >= 4 is 41.1 Å². The first-order chi connectivity index (χ1) is 21.7. The van der Waals surface area contributed by atoms with E-state index in [0.29, 0.717) is 33.0 Å². The lowest BCUT2D eigenvalue weighted by Gasteiger charge is -2.60. The van der Waals surface area contributed by atoms with Crippen LogP contribution in [0.5, 0.6) is 0 Å². The van der Waals surface area contributed by atoms with Crippen LogP contribution in [-0.2, 0) is 49.3 Å². The minimum absolute atomic E-state index is 0.192. The molecule has 0 aromatic heterocycles. The van der Waals surface area contributed by atoms with Crippen LogP contribution in [0.2, 0.25) is 5.02 Å². The second kappa shape index (κ2) is 13.1. The molecular formula is C34H30ClNO9. The Morgan fingerprint density at radius 1 is 0.733 bits per heavy atom. The molecule has 45 heavy (non-hydrogen) atoms. The number of para-hydroxylation sites is 1.